The molecular weight excluding hydrogens is 343 g/mol. The second-order valence-electron chi connectivity index (χ2n) is 5.73. The zero-order valence-electron chi connectivity index (χ0n) is 13.7. The molecule has 0 aliphatic heterocycles. The van der Waals surface area contributed by atoms with Crippen LogP contribution in [0.3, 0.4) is 0 Å². The van der Waals surface area contributed by atoms with Crippen molar-refractivity contribution >= 4 is 0 Å². The van der Waals surface area contributed by atoms with Crippen LogP contribution in [0.5, 0.6) is 5.75 Å². The smallest absolute Gasteiger partial charge is 0.433 e. The van der Waals surface area contributed by atoms with Crippen LogP contribution < -0.4 is 4.74 Å². The average Bonchev–Trinajstić information content (AvgIpc) is 2.66. The molecule has 0 radical (unpaired) electrons. The number of alkyl halides is 3. The molecule has 3 rings (SSSR count). The zero-order valence-corrected chi connectivity index (χ0v) is 13.7. The van der Waals surface area contributed by atoms with Crippen LogP contribution in [0.2, 0.25) is 0 Å². The van der Waals surface area contributed by atoms with Gasteiger partial charge in [0.25, 0.3) is 0 Å². The molecule has 1 aromatic heterocycles. The van der Waals surface area contributed by atoms with Crippen molar-refractivity contribution in [1.82, 2.24) is 4.98 Å². The predicted molar refractivity (Wildman–Crippen MR) is 91.4 cm³/mol. The SMILES string of the molecule is OCc1cc(OCc2ccccc2)cc(-c2ccc(C(F)(F)F)nc2)c1. The minimum absolute atomic E-state index is 0.205. The van der Waals surface area contributed by atoms with Crippen molar-refractivity contribution in [1.29, 1.82) is 0 Å². The molecule has 6 heteroatoms. The fourth-order valence-corrected chi connectivity index (χ4v) is 2.48. The average molecular weight is 359 g/mol. The minimum Gasteiger partial charge on any atom is -0.489 e. The van der Waals surface area contributed by atoms with Gasteiger partial charge >= 0.3 is 6.18 Å². The Morgan fingerprint density at radius 3 is 2.27 bits per heavy atom. The molecule has 0 atom stereocenters. The lowest BCUT2D eigenvalue weighted by Crippen LogP contribution is -2.07. The number of aromatic nitrogens is 1. The molecule has 3 nitrogen and oxygen atoms in total. The maximum absolute atomic E-state index is 12.7. The Balaban J connectivity index is 1.85. The molecule has 0 saturated heterocycles. The summed E-state index contributed by atoms with van der Waals surface area (Å²) in [6.45, 7) is 0.143. The molecule has 0 unspecified atom stereocenters. The molecule has 0 aliphatic rings. The third-order valence-corrected chi connectivity index (χ3v) is 3.78. The fourth-order valence-electron chi connectivity index (χ4n) is 2.48. The third-order valence-electron chi connectivity index (χ3n) is 3.78. The second-order valence-corrected chi connectivity index (χ2v) is 5.73. The Morgan fingerprint density at radius 2 is 1.65 bits per heavy atom. The molecule has 0 spiro atoms. The molecule has 1 heterocycles. The molecule has 1 N–H and O–H groups in total. The van der Waals surface area contributed by atoms with Crippen molar-refractivity contribution < 1.29 is 23.0 Å². The van der Waals surface area contributed by atoms with Gasteiger partial charge in [0.2, 0.25) is 0 Å². The summed E-state index contributed by atoms with van der Waals surface area (Å²) in [7, 11) is 0. The molecule has 0 saturated carbocycles. The van der Waals surface area contributed by atoms with Crippen LogP contribution in [-0.4, -0.2) is 10.1 Å². The Morgan fingerprint density at radius 1 is 0.885 bits per heavy atom. The van der Waals surface area contributed by atoms with Gasteiger partial charge in [-0.05, 0) is 41.0 Å². The number of ether oxygens (including phenoxy) is 1. The number of pyridine rings is 1. The van der Waals surface area contributed by atoms with Crippen molar-refractivity contribution in [2.24, 2.45) is 0 Å². The fraction of sp³-hybridized carbons (Fsp3) is 0.150. The van der Waals surface area contributed by atoms with E-state index in [0.717, 1.165) is 11.6 Å². The molecular formula is C20H16F3NO2. The Labute approximate surface area is 148 Å². The van der Waals surface area contributed by atoms with E-state index in [0.29, 0.717) is 29.0 Å². The van der Waals surface area contributed by atoms with Crippen molar-refractivity contribution in [3.8, 4) is 16.9 Å². The Kier molecular flexibility index (Phi) is 5.23. The highest BCUT2D eigenvalue weighted by atomic mass is 19.4. The Bertz CT molecular complexity index is 862. The molecule has 0 bridgehead atoms. The standard InChI is InChI=1S/C20H16F3NO2/c21-20(22,23)19-7-6-16(11-24-19)17-8-15(12-25)9-18(10-17)26-13-14-4-2-1-3-5-14/h1-11,25H,12-13H2. The van der Waals surface area contributed by atoms with E-state index in [9.17, 15) is 18.3 Å². The molecule has 26 heavy (non-hydrogen) atoms. The lowest BCUT2D eigenvalue weighted by atomic mass is 10.0. The molecule has 3 aromatic rings. The van der Waals surface area contributed by atoms with E-state index in [4.69, 9.17) is 4.74 Å². The number of aliphatic hydroxyl groups excluding tert-OH is 1. The number of halogens is 3. The summed E-state index contributed by atoms with van der Waals surface area (Å²) >= 11 is 0. The first-order valence-electron chi connectivity index (χ1n) is 7.91. The summed E-state index contributed by atoms with van der Waals surface area (Å²) in [4.78, 5) is 3.48. The van der Waals surface area contributed by atoms with Crippen LogP contribution in [0, 0.1) is 0 Å². The van der Waals surface area contributed by atoms with Crippen LogP contribution in [0.25, 0.3) is 11.1 Å². The second kappa shape index (κ2) is 7.58. The van der Waals surface area contributed by atoms with E-state index in [1.54, 1.807) is 18.2 Å². The number of aliphatic hydroxyl groups is 1. The lowest BCUT2D eigenvalue weighted by Gasteiger charge is -2.11. The van der Waals surface area contributed by atoms with Crippen molar-refractivity contribution in [3.63, 3.8) is 0 Å². The third kappa shape index (κ3) is 4.40. The highest BCUT2D eigenvalue weighted by Crippen LogP contribution is 2.30. The van der Waals surface area contributed by atoms with Crippen LogP contribution in [-0.2, 0) is 19.4 Å². The molecule has 0 fully saturated rings. The maximum Gasteiger partial charge on any atom is 0.433 e. The zero-order chi connectivity index (χ0) is 18.6. The number of rotatable bonds is 5. The normalized spacial score (nSPS) is 11.4. The van der Waals surface area contributed by atoms with Crippen molar-refractivity contribution in [2.75, 3.05) is 0 Å². The molecule has 0 amide bonds. The molecule has 134 valence electrons. The topological polar surface area (TPSA) is 42.4 Å². The van der Waals surface area contributed by atoms with Gasteiger partial charge in [-0.3, -0.25) is 4.98 Å². The highest BCUT2D eigenvalue weighted by molar-refractivity contribution is 5.65. The molecule has 2 aromatic carbocycles. The van der Waals surface area contributed by atoms with Gasteiger partial charge in [0.15, 0.2) is 0 Å². The number of benzene rings is 2. The number of hydrogen-bond donors (Lipinski definition) is 1. The first-order valence-corrected chi connectivity index (χ1v) is 7.91. The van der Waals surface area contributed by atoms with Gasteiger partial charge in [0, 0.05) is 11.8 Å². The summed E-state index contributed by atoms with van der Waals surface area (Å²) in [6, 6.07) is 17.0. The van der Waals surface area contributed by atoms with E-state index < -0.39 is 11.9 Å². The first kappa shape index (κ1) is 17.9. The van der Waals surface area contributed by atoms with Gasteiger partial charge in [-0.2, -0.15) is 13.2 Å². The maximum atomic E-state index is 12.7. The van der Waals surface area contributed by atoms with E-state index in [1.807, 2.05) is 30.3 Å². The highest BCUT2D eigenvalue weighted by Gasteiger charge is 2.32. The summed E-state index contributed by atoms with van der Waals surface area (Å²) in [5, 5.41) is 9.45. The largest absolute Gasteiger partial charge is 0.489 e. The lowest BCUT2D eigenvalue weighted by molar-refractivity contribution is -0.141. The van der Waals surface area contributed by atoms with E-state index in [1.165, 1.54) is 12.3 Å². The van der Waals surface area contributed by atoms with E-state index in [2.05, 4.69) is 4.98 Å². The van der Waals surface area contributed by atoms with Gasteiger partial charge in [-0.15, -0.1) is 0 Å². The van der Waals surface area contributed by atoms with Crippen LogP contribution >= 0.6 is 0 Å². The van der Waals surface area contributed by atoms with Crippen LogP contribution in [0.15, 0.2) is 66.9 Å². The van der Waals surface area contributed by atoms with Crippen molar-refractivity contribution in [3.05, 3.63) is 83.7 Å². The Hall–Kier alpha value is -2.86. The monoisotopic (exact) mass is 359 g/mol. The minimum atomic E-state index is -4.48. The van der Waals surface area contributed by atoms with Gasteiger partial charge in [-0.25, -0.2) is 0 Å². The number of nitrogens with zero attached hydrogens (tertiary/aromatic N) is 1. The summed E-state index contributed by atoms with van der Waals surface area (Å²) in [5.74, 6) is 0.523. The van der Waals surface area contributed by atoms with Crippen molar-refractivity contribution in [2.45, 2.75) is 19.4 Å². The summed E-state index contributed by atoms with van der Waals surface area (Å²) in [5.41, 5.74) is 1.78. The number of hydrogen-bond acceptors (Lipinski definition) is 3. The molecule has 0 aliphatic carbocycles. The van der Waals surface area contributed by atoms with Gasteiger partial charge in [0.05, 0.1) is 6.61 Å². The van der Waals surface area contributed by atoms with Gasteiger partial charge < -0.3 is 9.84 Å². The van der Waals surface area contributed by atoms with Gasteiger partial charge in [0.1, 0.15) is 18.1 Å². The summed E-state index contributed by atoms with van der Waals surface area (Å²) in [6.07, 6.45) is -3.31. The first-order chi connectivity index (χ1) is 12.5. The summed E-state index contributed by atoms with van der Waals surface area (Å²) < 4.78 is 43.7. The van der Waals surface area contributed by atoms with Gasteiger partial charge in [-0.1, -0.05) is 36.4 Å². The quantitative estimate of drug-likeness (QED) is 0.709. The van der Waals surface area contributed by atoms with Crippen LogP contribution in [0.1, 0.15) is 16.8 Å². The van der Waals surface area contributed by atoms with Crippen LogP contribution in [0.4, 0.5) is 13.2 Å². The van der Waals surface area contributed by atoms with E-state index >= 15 is 0 Å². The van der Waals surface area contributed by atoms with E-state index in [-0.39, 0.29) is 6.61 Å². The predicted octanol–water partition coefficient (Wildman–Crippen LogP) is 4.84.